The van der Waals surface area contributed by atoms with Crippen molar-refractivity contribution in [2.24, 2.45) is 5.92 Å². The number of rotatable bonds is 3. The monoisotopic (exact) mass is 195 g/mol. The van der Waals surface area contributed by atoms with Crippen molar-refractivity contribution in [2.45, 2.75) is 34.1 Å². The summed E-state index contributed by atoms with van der Waals surface area (Å²) in [6, 6.07) is 0. The highest BCUT2D eigenvalue weighted by Crippen LogP contribution is 2.15. The first-order valence-electron chi connectivity index (χ1n) is 5.54. The van der Waals surface area contributed by atoms with E-state index >= 15 is 0 Å². The van der Waals surface area contributed by atoms with Gasteiger partial charge in [-0.1, -0.05) is 46.4 Å². The Morgan fingerprint density at radius 3 is 2.21 bits per heavy atom. The molecule has 1 heteroatoms. The second-order valence-electron chi connectivity index (χ2n) is 2.51. The molecule has 1 aliphatic rings. The number of hydrogen-bond donors (Lipinski definition) is 0. The van der Waals surface area contributed by atoms with Crippen LogP contribution in [0.1, 0.15) is 34.1 Å². The van der Waals surface area contributed by atoms with Crippen LogP contribution < -0.4 is 0 Å². The van der Waals surface area contributed by atoms with Crippen molar-refractivity contribution in [3.8, 4) is 0 Å². The SMILES string of the molecule is C=CCC1C=CN(C=C)C1.CC.CC. The predicted molar refractivity (Wildman–Crippen MR) is 67.0 cm³/mol. The molecule has 0 bridgehead atoms. The zero-order chi connectivity index (χ0) is 11.4. The van der Waals surface area contributed by atoms with E-state index in [2.05, 4.69) is 30.3 Å². The van der Waals surface area contributed by atoms with Crippen molar-refractivity contribution in [2.75, 3.05) is 6.54 Å². The lowest BCUT2D eigenvalue weighted by Crippen LogP contribution is -2.10. The summed E-state index contributed by atoms with van der Waals surface area (Å²) in [6.07, 6.45) is 9.15. The maximum absolute atomic E-state index is 3.70. The molecule has 0 saturated heterocycles. The third kappa shape index (κ3) is 6.53. The van der Waals surface area contributed by atoms with Gasteiger partial charge in [-0.3, -0.25) is 0 Å². The molecule has 0 fully saturated rings. The van der Waals surface area contributed by atoms with Crippen LogP contribution in [0.2, 0.25) is 0 Å². The lowest BCUT2D eigenvalue weighted by Gasteiger charge is -2.10. The van der Waals surface area contributed by atoms with Crippen molar-refractivity contribution in [1.29, 1.82) is 0 Å². The number of hydrogen-bond acceptors (Lipinski definition) is 1. The Labute approximate surface area is 89.8 Å². The molecule has 0 aromatic carbocycles. The van der Waals surface area contributed by atoms with Crippen LogP contribution in [0, 0.1) is 5.92 Å². The van der Waals surface area contributed by atoms with Crippen molar-refractivity contribution < 1.29 is 0 Å². The molecule has 1 aliphatic heterocycles. The van der Waals surface area contributed by atoms with Crippen LogP contribution in [0.25, 0.3) is 0 Å². The van der Waals surface area contributed by atoms with Crippen LogP contribution in [0.4, 0.5) is 0 Å². The van der Waals surface area contributed by atoms with Crippen molar-refractivity contribution in [3.05, 3.63) is 37.7 Å². The summed E-state index contributed by atoms with van der Waals surface area (Å²) in [7, 11) is 0. The van der Waals surface area contributed by atoms with E-state index in [9.17, 15) is 0 Å². The van der Waals surface area contributed by atoms with Gasteiger partial charge < -0.3 is 4.90 Å². The number of allylic oxidation sites excluding steroid dienone is 1. The molecule has 0 amide bonds. The Kier molecular flexibility index (Phi) is 13.3. The molecule has 1 atom stereocenters. The molecule has 1 nitrogen and oxygen atoms in total. The van der Waals surface area contributed by atoms with Crippen LogP contribution in [0.3, 0.4) is 0 Å². The van der Waals surface area contributed by atoms with E-state index in [0.717, 1.165) is 13.0 Å². The standard InChI is InChI=1S/C9H13N.2C2H6/c1-3-5-9-6-7-10(4-2)8-9;2*1-2/h3-4,6-7,9H,1-2,5,8H2;2*1-2H3. The molecule has 1 rings (SSSR count). The summed E-state index contributed by atoms with van der Waals surface area (Å²) < 4.78 is 0. The summed E-state index contributed by atoms with van der Waals surface area (Å²) in [6.45, 7) is 16.4. The molecular formula is C13H25N. The summed E-state index contributed by atoms with van der Waals surface area (Å²) >= 11 is 0. The lowest BCUT2D eigenvalue weighted by molar-refractivity contribution is 0.479. The summed E-state index contributed by atoms with van der Waals surface area (Å²) in [4.78, 5) is 2.09. The third-order valence-corrected chi connectivity index (χ3v) is 1.70. The van der Waals surface area contributed by atoms with Gasteiger partial charge in [-0.2, -0.15) is 0 Å². The van der Waals surface area contributed by atoms with Gasteiger partial charge in [0.15, 0.2) is 0 Å². The zero-order valence-electron chi connectivity index (χ0n) is 10.2. The van der Waals surface area contributed by atoms with Gasteiger partial charge in [-0.05, 0) is 24.7 Å². The minimum atomic E-state index is 0.649. The van der Waals surface area contributed by atoms with E-state index in [0.29, 0.717) is 5.92 Å². The minimum Gasteiger partial charge on any atom is -0.355 e. The average Bonchev–Trinajstić information content (AvgIpc) is 2.72. The number of nitrogens with zero attached hydrogens (tertiary/aromatic N) is 1. The lowest BCUT2D eigenvalue weighted by atomic mass is 10.1. The molecule has 82 valence electrons. The maximum atomic E-state index is 3.70. The normalized spacial score (nSPS) is 17.4. The molecule has 0 N–H and O–H groups in total. The van der Waals surface area contributed by atoms with E-state index in [4.69, 9.17) is 0 Å². The highest BCUT2D eigenvalue weighted by Gasteiger charge is 2.10. The molecule has 0 aliphatic carbocycles. The van der Waals surface area contributed by atoms with Gasteiger partial charge in [0.2, 0.25) is 0 Å². The molecule has 0 saturated carbocycles. The van der Waals surface area contributed by atoms with Gasteiger partial charge in [-0.25, -0.2) is 0 Å². The fourth-order valence-electron chi connectivity index (χ4n) is 1.13. The summed E-state index contributed by atoms with van der Waals surface area (Å²) in [5.41, 5.74) is 0. The quantitative estimate of drug-likeness (QED) is 0.610. The van der Waals surface area contributed by atoms with Crippen molar-refractivity contribution >= 4 is 0 Å². The van der Waals surface area contributed by atoms with Crippen LogP contribution in [0.15, 0.2) is 37.7 Å². The van der Waals surface area contributed by atoms with E-state index < -0.39 is 0 Å². The second kappa shape index (κ2) is 12.0. The first kappa shape index (κ1) is 15.5. The molecule has 1 unspecified atom stereocenters. The molecule has 0 aromatic heterocycles. The highest BCUT2D eigenvalue weighted by atomic mass is 15.1. The molecule has 14 heavy (non-hydrogen) atoms. The maximum Gasteiger partial charge on any atom is 0.0285 e. The molecule has 0 aromatic rings. The Balaban J connectivity index is 0. The second-order valence-corrected chi connectivity index (χ2v) is 2.51. The van der Waals surface area contributed by atoms with Gasteiger partial charge in [0, 0.05) is 6.54 Å². The van der Waals surface area contributed by atoms with Crippen molar-refractivity contribution in [1.82, 2.24) is 4.90 Å². The van der Waals surface area contributed by atoms with Crippen LogP contribution >= 0.6 is 0 Å². The van der Waals surface area contributed by atoms with E-state index in [1.807, 2.05) is 40.0 Å². The Morgan fingerprint density at radius 1 is 1.29 bits per heavy atom. The Hall–Kier alpha value is -0.980. The Morgan fingerprint density at radius 2 is 1.86 bits per heavy atom. The van der Waals surface area contributed by atoms with Crippen molar-refractivity contribution in [3.63, 3.8) is 0 Å². The first-order chi connectivity index (χ1) is 6.86. The van der Waals surface area contributed by atoms with Gasteiger partial charge >= 0.3 is 0 Å². The summed E-state index contributed by atoms with van der Waals surface area (Å²) in [5.74, 6) is 0.649. The molecule has 0 spiro atoms. The highest BCUT2D eigenvalue weighted by molar-refractivity contribution is 5.02. The van der Waals surface area contributed by atoms with Crippen LogP contribution in [-0.2, 0) is 0 Å². The van der Waals surface area contributed by atoms with E-state index in [1.165, 1.54) is 0 Å². The van der Waals surface area contributed by atoms with Gasteiger partial charge in [0.05, 0.1) is 0 Å². The minimum absolute atomic E-state index is 0.649. The first-order valence-corrected chi connectivity index (χ1v) is 5.54. The topological polar surface area (TPSA) is 3.24 Å². The molecule has 0 radical (unpaired) electrons. The van der Waals surface area contributed by atoms with Gasteiger partial charge in [0.1, 0.15) is 0 Å². The third-order valence-electron chi connectivity index (χ3n) is 1.70. The molecule has 1 heterocycles. The zero-order valence-corrected chi connectivity index (χ0v) is 10.2. The van der Waals surface area contributed by atoms with E-state index in [1.54, 1.807) is 0 Å². The predicted octanol–water partition coefficient (Wildman–Crippen LogP) is 4.20. The molecular weight excluding hydrogens is 170 g/mol. The smallest absolute Gasteiger partial charge is 0.0285 e. The summed E-state index contributed by atoms with van der Waals surface area (Å²) in [5, 5.41) is 0. The largest absolute Gasteiger partial charge is 0.355 e. The fraction of sp³-hybridized carbons (Fsp3) is 0.538. The fourth-order valence-corrected chi connectivity index (χ4v) is 1.13. The van der Waals surface area contributed by atoms with Gasteiger partial charge in [-0.15, -0.1) is 6.58 Å². The Bertz CT molecular complexity index is 159. The van der Waals surface area contributed by atoms with Gasteiger partial charge in [0.25, 0.3) is 0 Å². The van der Waals surface area contributed by atoms with E-state index in [-0.39, 0.29) is 0 Å². The average molecular weight is 195 g/mol. The van der Waals surface area contributed by atoms with Crippen LogP contribution in [-0.4, -0.2) is 11.4 Å². The van der Waals surface area contributed by atoms with Crippen LogP contribution in [0.5, 0.6) is 0 Å².